The van der Waals surface area contributed by atoms with Gasteiger partial charge in [-0.15, -0.1) is 0 Å². The molecule has 0 atom stereocenters. The first kappa shape index (κ1) is 9.28. The Bertz CT molecular complexity index is 272. The average molecular weight is 205 g/mol. The third-order valence-electron chi connectivity index (χ3n) is 1.24. The largest absolute Gasteiger partial charge is 0.376 e. The van der Waals surface area contributed by atoms with Crippen molar-refractivity contribution in [3.8, 4) is 0 Å². The Kier molecular flexibility index (Phi) is 3.31. The Morgan fingerprint density at radius 3 is 3.08 bits per heavy atom. The van der Waals surface area contributed by atoms with Gasteiger partial charge in [0.05, 0.1) is 17.8 Å². The van der Waals surface area contributed by atoms with Gasteiger partial charge < -0.3 is 11.1 Å². The number of hydrogen-bond acceptors (Lipinski definition) is 2. The highest BCUT2D eigenvalue weighted by Crippen LogP contribution is 2.03. The van der Waals surface area contributed by atoms with Crippen LogP contribution in [0.5, 0.6) is 0 Å². The van der Waals surface area contributed by atoms with Crippen LogP contribution in [0.15, 0.2) is 12.4 Å². The molecule has 1 rings (SSSR count). The number of thiocarbonyl (C=S) groups is 1. The van der Waals surface area contributed by atoms with E-state index in [1.807, 2.05) is 0 Å². The third-order valence-corrected chi connectivity index (χ3v) is 1.58. The van der Waals surface area contributed by atoms with E-state index in [9.17, 15) is 0 Å². The maximum absolute atomic E-state index is 5.65. The summed E-state index contributed by atoms with van der Waals surface area (Å²) in [5.41, 5.74) is 5.23. The van der Waals surface area contributed by atoms with E-state index in [0.717, 1.165) is 0 Å². The maximum atomic E-state index is 5.65. The SMILES string of the molecule is NC(=S)NCCn1cc(Cl)cn1. The van der Waals surface area contributed by atoms with Crippen molar-refractivity contribution < 1.29 is 0 Å². The maximum Gasteiger partial charge on any atom is 0.163 e. The molecular formula is C6H9ClN4S. The fraction of sp³-hybridized carbons (Fsp3) is 0.333. The Balaban J connectivity index is 2.29. The molecule has 4 nitrogen and oxygen atoms in total. The van der Waals surface area contributed by atoms with Gasteiger partial charge >= 0.3 is 0 Å². The molecule has 12 heavy (non-hydrogen) atoms. The van der Waals surface area contributed by atoms with Crippen molar-refractivity contribution in [3.63, 3.8) is 0 Å². The van der Waals surface area contributed by atoms with Crippen LogP contribution in [0.2, 0.25) is 5.02 Å². The first-order valence-corrected chi connectivity index (χ1v) is 4.18. The highest BCUT2D eigenvalue weighted by molar-refractivity contribution is 7.80. The van der Waals surface area contributed by atoms with Crippen molar-refractivity contribution >= 4 is 28.9 Å². The number of hydrogen-bond donors (Lipinski definition) is 2. The lowest BCUT2D eigenvalue weighted by Gasteiger charge is -2.02. The normalized spacial score (nSPS) is 9.75. The van der Waals surface area contributed by atoms with Gasteiger partial charge in [-0.2, -0.15) is 5.10 Å². The van der Waals surface area contributed by atoms with Crippen LogP contribution < -0.4 is 11.1 Å². The van der Waals surface area contributed by atoms with Gasteiger partial charge in [0.1, 0.15) is 0 Å². The molecule has 1 heterocycles. The minimum absolute atomic E-state index is 0.299. The smallest absolute Gasteiger partial charge is 0.163 e. The molecule has 3 N–H and O–H groups in total. The summed E-state index contributed by atoms with van der Waals surface area (Å²) in [6.07, 6.45) is 3.32. The van der Waals surface area contributed by atoms with E-state index in [-0.39, 0.29) is 0 Å². The predicted molar refractivity (Wildman–Crippen MR) is 52.0 cm³/mol. The number of nitrogens with one attached hydrogen (secondary N) is 1. The van der Waals surface area contributed by atoms with Gasteiger partial charge in [-0.3, -0.25) is 4.68 Å². The molecule has 6 heteroatoms. The summed E-state index contributed by atoms with van der Waals surface area (Å²) in [7, 11) is 0. The lowest BCUT2D eigenvalue weighted by Crippen LogP contribution is -2.31. The van der Waals surface area contributed by atoms with Crippen LogP contribution >= 0.6 is 23.8 Å². The monoisotopic (exact) mass is 204 g/mol. The zero-order valence-electron chi connectivity index (χ0n) is 6.33. The van der Waals surface area contributed by atoms with E-state index in [1.165, 1.54) is 0 Å². The molecule has 0 aromatic carbocycles. The molecule has 0 amide bonds. The molecule has 1 aromatic heterocycles. The van der Waals surface area contributed by atoms with E-state index in [1.54, 1.807) is 17.1 Å². The van der Waals surface area contributed by atoms with Crippen molar-refractivity contribution in [2.45, 2.75) is 6.54 Å². The Morgan fingerprint density at radius 1 is 1.83 bits per heavy atom. The molecule has 0 aliphatic carbocycles. The molecule has 66 valence electrons. The standard InChI is InChI=1S/C6H9ClN4S/c7-5-3-10-11(4-5)2-1-9-6(8)12/h3-4H,1-2H2,(H3,8,9,12). The van der Waals surface area contributed by atoms with Crippen LogP contribution in [0, 0.1) is 0 Å². The quantitative estimate of drug-likeness (QED) is 0.699. The fourth-order valence-corrected chi connectivity index (χ4v) is 1.01. The molecule has 0 aliphatic rings. The van der Waals surface area contributed by atoms with Crippen molar-refractivity contribution in [1.29, 1.82) is 0 Å². The minimum atomic E-state index is 0.299. The van der Waals surface area contributed by atoms with Gasteiger partial charge in [0.2, 0.25) is 0 Å². The third kappa shape index (κ3) is 3.06. The fourth-order valence-electron chi connectivity index (χ4n) is 0.754. The predicted octanol–water partition coefficient (Wildman–Crippen LogP) is 0.370. The molecule has 0 saturated carbocycles. The van der Waals surface area contributed by atoms with Gasteiger partial charge in [-0.25, -0.2) is 0 Å². The molecule has 0 saturated heterocycles. The second kappa shape index (κ2) is 4.27. The van der Waals surface area contributed by atoms with Crippen molar-refractivity contribution in [2.24, 2.45) is 5.73 Å². The van der Waals surface area contributed by atoms with Crippen LogP contribution in [-0.4, -0.2) is 21.4 Å². The number of rotatable bonds is 3. The Morgan fingerprint density at radius 2 is 2.58 bits per heavy atom. The molecule has 0 unspecified atom stereocenters. The summed E-state index contributed by atoms with van der Waals surface area (Å²) in [6.45, 7) is 1.36. The molecule has 0 bridgehead atoms. The zero-order chi connectivity index (χ0) is 8.97. The molecule has 0 radical (unpaired) electrons. The average Bonchev–Trinajstić information content (AvgIpc) is 2.35. The van der Waals surface area contributed by atoms with Crippen LogP contribution in [0.25, 0.3) is 0 Å². The molecule has 0 aliphatic heterocycles. The highest BCUT2D eigenvalue weighted by atomic mass is 35.5. The van der Waals surface area contributed by atoms with E-state index in [2.05, 4.69) is 22.6 Å². The number of aromatic nitrogens is 2. The number of halogens is 1. The summed E-state index contributed by atoms with van der Waals surface area (Å²) >= 11 is 10.3. The lowest BCUT2D eigenvalue weighted by molar-refractivity contribution is 0.604. The number of nitrogens with two attached hydrogens (primary N) is 1. The van der Waals surface area contributed by atoms with Crippen molar-refractivity contribution in [3.05, 3.63) is 17.4 Å². The summed E-state index contributed by atoms with van der Waals surface area (Å²) in [4.78, 5) is 0. The highest BCUT2D eigenvalue weighted by Gasteiger charge is 1.94. The van der Waals surface area contributed by atoms with Crippen LogP contribution in [0.4, 0.5) is 0 Å². The topological polar surface area (TPSA) is 55.9 Å². The number of nitrogens with zero attached hydrogens (tertiary/aromatic N) is 2. The minimum Gasteiger partial charge on any atom is -0.376 e. The molecule has 1 aromatic rings. The van der Waals surface area contributed by atoms with E-state index < -0.39 is 0 Å². The van der Waals surface area contributed by atoms with Gasteiger partial charge in [-0.1, -0.05) is 11.6 Å². The van der Waals surface area contributed by atoms with Crippen molar-refractivity contribution in [1.82, 2.24) is 15.1 Å². The zero-order valence-corrected chi connectivity index (χ0v) is 7.90. The second-order valence-electron chi connectivity index (χ2n) is 2.21. The van der Waals surface area contributed by atoms with Gasteiger partial charge in [0, 0.05) is 12.7 Å². The van der Waals surface area contributed by atoms with Crippen LogP contribution in [0.1, 0.15) is 0 Å². The van der Waals surface area contributed by atoms with Crippen molar-refractivity contribution in [2.75, 3.05) is 6.54 Å². The Labute approximate surface area is 80.7 Å². The summed E-state index contributed by atoms with van der Waals surface area (Å²) in [5.74, 6) is 0. The van der Waals surface area contributed by atoms with Gasteiger partial charge in [-0.05, 0) is 12.2 Å². The van der Waals surface area contributed by atoms with E-state index in [4.69, 9.17) is 17.3 Å². The van der Waals surface area contributed by atoms with Gasteiger partial charge in [0.25, 0.3) is 0 Å². The van der Waals surface area contributed by atoms with Gasteiger partial charge in [0.15, 0.2) is 5.11 Å². The van der Waals surface area contributed by atoms with Crippen LogP contribution in [0.3, 0.4) is 0 Å². The summed E-state index contributed by atoms with van der Waals surface area (Å²) in [6, 6.07) is 0. The summed E-state index contributed by atoms with van der Waals surface area (Å²) < 4.78 is 1.72. The summed E-state index contributed by atoms with van der Waals surface area (Å²) in [5, 5.41) is 7.71. The Hall–Kier alpha value is -0.810. The first-order valence-electron chi connectivity index (χ1n) is 3.40. The van der Waals surface area contributed by atoms with E-state index >= 15 is 0 Å². The lowest BCUT2D eigenvalue weighted by atomic mass is 10.6. The molecule has 0 fully saturated rings. The molecule has 0 spiro atoms. The van der Waals surface area contributed by atoms with E-state index in [0.29, 0.717) is 23.2 Å². The van der Waals surface area contributed by atoms with Crippen LogP contribution in [-0.2, 0) is 6.54 Å². The molecular weight excluding hydrogens is 196 g/mol. The second-order valence-corrected chi connectivity index (χ2v) is 3.09. The first-order chi connectivity index (χ1) is 5.68.